The van der Waals surface area contributed by atoms with E-state index >= 15 is 0 Å². The van der Waals surface area contributed by atoms with E-state index in [1.807, 2.05) is 29.8 Å². The molecule has 1 aromatic heterocycles. The average Bonchev–Trinajstić information content (AvgIpc) is 3.13. The number of benzene rings is 1. The van der Waals surface area contributed by atoms with Crippen LogP contribution in [0.4, 0.5) is 0 Å². The van der Waals surface area contributed by atoms with E-state index in [0.717, 1.165) is 43.3 Å². The van der Waals surface area contributed by atoms with Gasteiger partial charge in [0.05, 0.1) is 13.1 Å². The van der Waals surface area contributed by atoms with E-state index in [1.165, 1.54) is 0 Å². The summed E-state index contributed by atoms with van der Waals surface area (Å²) >= 11 is 0. The zero-order valence-corrected chi connectivity index (χ0v) is 18.1. The molecule has 0 saturated carbocycles. The fraction of sp³-hybridized carbons (Fsp3) is 0.444. The zero-order valence-electron chi connectivity index (χ0n) is 15.8. The van der Waals surface area contributed by atoms with Crippen molar-refractivity contribution in [2.45, 2.75) is 38.9 Å². The third kappa shape index (κ3) is 6.36. The van der Waals surface area contributed by atoms with Gasteiger partial charge in [0.15, 0.2) is 12.6 Å². The minimum atomic E-state index is -0.500. The van der Waals surface area contributed by atoms with Gasteiger partial charge >= 0.3 is 0 Å². The van der Waals surface area contributed by atoms with Gasteiger partial charge in [-0.3, -0.25) is 4.79 Å². The minimum Gasteiger partial charge on any atom is -0.484 e. The predicted molar refractivity (Wildman–Crippen MR) is 117 cm³/mol. The van der Waals surface area contributed by atoms with Crippen LogP contribution in [0.15, 0.2) is 35.6 Å². The highest BCUT2D eigenvalue weighted by molar-refractivity contribution is 14.0. The molecule has 9 nitrogen and oxygen atoms in total. The lowest BCUT2D eigenvalue weighted by Crippen LogP contribution is -2.47. The maximum atomic E-state index is 10.8. The number of amides is 1. The molecular weight excluding hydrogens is 473 g/mol. The van der Waals surface area contributed by atoms with Crippen LogP contribution in [0.2, 0.25) is 0 Å². The second kappa shape index (κ2) is 10.8. The summed E-state index contributed by atoms with van der Waals surface area (Å²) in [5.41, 5.74) is 6.09. The molecule has 0 saturated heterocycles. The molecule has 2 heterocycles. The number of primary amides is 1. The van der Waals surface area contributed by atoms with Gasteiger partial charge in [-0.05, 0) is 31.0 Å². The van der Waals surface area contributed by atoms with Crippen LogP contribution >= 0.6 is 24.0 Å². The van der Waals surface area contributed by atoms with Crippen LogP contribution in [0.25, 0.3) is 0 Å². The number of aliphatic imine (C=N–C) groups is 1. The number of carbonyl (C=O) groups is 1. The number of guanidine groups is 1. The van der Waals surface area contributed by atoms with E-state index < -0.39 is 5.91 Å². The van der Waals surface area contributed by atoms with Crippen LogP contribution in [-0.4, -0.2) is 45.8 Å². The number of halogens is 1. The van der Waals surface area contributed by atoms with E-state index in [2.05, 4.69) is 25.7 Å². The van der Waals surface area contributed by atoms with E-state index in [9.17, 15) is 4.79 Å². The third-order valence-corrected chi connectivity index (χ3v) is 4.19. The summed E-state index contributed by atoms with van der Waals surface area (Å²) in [5, 5.41) is 11.0. The zero-order chi connectivity index (χ0) is 19.1. The largest absolute Gasteiger partial charge is 0.484 e. The highest BCUT2D eigenvalue weighted by Crippen LogP contribution is 2.14. The quantitative estimate of drug-likeness (QED) is 0.295. The number of nitrogens with one attached hydrogen (secondary N) is 2. The van der Waals surface area contributed by atoms with Crippen LogP contribution in [0.3, 0.4) is 0 Å². The second-order valence-electron chi connectivity index (χ2n) is 6.34. The standard InChI is InChI=1S/C18H25N7O2.HI/c1-2-20-18(24-14-6-7-17-22-12-23-25(17)10-14)21-9-13-4-3-5-15(8-13)27-11-16(19)26;/h3-5,8,12,14H,2,6-7,9-11H2,1H3,(H2,19,26)(H2,20,21,24);1H. The molecule has 0 radical (unpaired) electrons. The van der Waals surface area contributed by atoms with Gasteiger partial charge in [-0.25, -0.2) is 14.7 Å². The second-order valence-corrected chi connectivity index (χ2v) is 6.34. The van der Waals surface area contributed by atoms with Crippen molar-refractivity contribution < 1.29 is 9.53 Å². The molecule has 0 fully saturated rings. The molecular formula is C18H26IN7O2. The Labute approximate surface area is 181 Å². The first-order chi connectivity index (χ1) is 13.1. The lowest BCUT2D eigenvalue weighted by atomic mass is 10.1. The van der Waals surface area contributed by atoms with E-state index in [1.54, 1.807) is 12.4 Å². The maximum Gasteiger partial charge on any atom is 0.255 e. The third-order valence-electron chi connectivity index (χ3n) is 4.19. The first-order valence-corrected chi connectivity index (χ1v) is 9.05. The molecule has 3 rings (SSSR count). The van der Waals surface area contributed by atoms with Gasteiger partial charge in [-0.1, -0.05) is 12.1 Å². The van der Waals surface area contributed by atoms with Crippen molar-refractivity contribution in [3.8, 4) is 5.75 Å². The van der Waals surface area contributed by atoms with Crippen molar-refractivity contribution in [2.75, 3.05) is 13.2 Å². The number of nitrogens with zero attached hydrogens (tertiary/aromatic N) is 4. The molecule has 1 atom stereocenters. The summed E-state index contributed by atoms with van der Waals surface area (Å²) in [6.45, 7) is 3.93. The number of nitrogens with two attached hydrogens (primary N) is 1. The molecule has 1 amide bonds. The normalized spacial score (nSPS) is 15.9. The van der Waals surface area contributed by atoms with Gasteiger partial charge in [0.1, 0.15) is 17.9 Å². The highest BCUT2D eigenvalue weighted by atomic mass is 127. The van der Waals surface area contributed by atoms with Gasteiger partial charge in [-0.15, -0.1) is 24.0 Å². The topological polar surface area (TPSA) is 119 Å². The summed E-state index contributed by atoms with van der Waals surface area (Å²) < 4.78 is 7.27. The van der Waals surface area contributed by atoms with Crippen LogP contribution in [0.5, 0.6) is 5.75 Å². The molecule has 1 aliphatic heterocycles. The monoisotopic (exact) mass is 499 g/mol. The summed E-state index contributed by atoms with van der Waals surface area (Å²) in [6, 6.07) is 7.74. The van der Waals surface area contributed by atoms with Gasteiger partial charge in [0.25, 0.3) is 5.91 Å². The lowest BCUT2D eigenvalue weighted by molar-refractivity contribution is -0.119. The SMILES string of the molecule is CCNC(=NCc1cccc(OCC(N)=O)c1)NC1CCc2ncnn2C1.I. The van der Waals surface area contributed by atoms with Crippen molar-refractivity contribution in [3.05, 3.63) is 42.0 Å². The van der Waals surface area contributed by atoms with Gasteiger partial charge in [-0.2, -0.15) is 5.10 Å². The Morgan fingerprint density at radius 1 is 1.46 bits per heavy atom. The minimum absolute atomic E-state index is 0. The molecule has 0 spiro atoms. The molecule has 10 heteroatoms. The van der Waals surface area contributed by atoms with Crippen LogP contribution in [-0.2, 0) is 24.3 Å². The molecule has 2 aromatic rings. The molecule has 1 unspecified atom stereocenters. The van der Waals surface area contributed by atoms with E-state index in [0.29, 0.717) is 12.3 Å². The van der Waals surface area contributed by atoms with Gasteiger partial charge in [0, 0.05) is 19.0 Å². The Morgan fingerprint density at radius 2 is 2.32 bits per heavy atom. The summed E-state index contributed by atoms with van der Waals surface area (Å²) in [7, 11) is 0. The van der Waals surface area contributed by atoms with Crippen LogP contribution in [0.1, 0.15) is 24.7 Å². The number of aryl methyl sites for hydroxylation is 1. The number of ether oxygens (including phenoxy) is 1. The van der Waals surface area contributed by atoms with E-state index in [-0.39, 0.29) is 36.6 Å². The van der Waals surface area contributed by atoms with Crippen LogP contribution in [0, 0.1) is 0 Å². The Kier molecular flexibility index (Phi) is 8.48. The first kappa shape index (κ1) is 21.9. The summed E-state index contributed by atoms with van der Waals surface area (Å²) in [5.74, 6) is 1.89. The van der Waals surface area contributed by atoms with Gasteiger partial charge in [0.2, 0.25) is 0 Å². The van der Waals surface area contributed by atoms with E-state index in [4.69, 9.17) is 10.5 Å². The van der Waals surface area contributed by atoms with Crippen molar-refractivity contribution >= 4 is 35.8 Å². The first-order valence-electron chi connectivity index (χ1n) is 9.05. The molecule has 0 aliphatic carbocycles. The Bertz CT molecular complexity index is 809. The van der Waals surface area contributed by atoms with Crippen LogP contribution < -0.4 is 21.1 Å². The average molecular weight is 499 g/mol. The fourth-order valence-corrected chi connectivity index (χ4v) is 2.93. The predicted octanol–water partition coefficient (Wildman–Crippen LogP) is 0.830. The summed E-state index contributed by atoms with van der Waals surface area (Å²) in [6.07, 6.45) is 3.49. The molecule has 28 heavy (non-hydrogen) atoms. The molecule has 4 N–H and O–H groups in total. The number of hydrogen-bond donors (Lipinski definition) is 3. The maximum absolute atomic E-state index is 10.8. The van der Waals surface area contributed by atoms with Crippen molar-refractivity contribution in [1.29, 1.82) is 0 Å². The number of carbonyl (C=O) groups excluding carboxylic acids is 1. The Balaban J connectivity index is 0.00000280. The highest BCUT2D eigenvalue weighted by Gasteiger charge is 2.20. The number of fused-ring (bicyclic) bond motifs is 1. The van der Waals surface area contributed by atoms with Crippen molar-refractivity contribution in [1.82, 2.24) is 25.4 Å². The van der Waals surface area contributed by atoms with Gasteiger partial charge < -0.3 is 21.1 Å². The molecule has 152 valence electrons. The number of aromatic nitrogens is 3. The fourth-order valence-electron chi connectivity index (χ4n) is 2.93. The summed E-state index contributed by atoms with van der Waals surface area (Å²) in [4.78, 5) is 19.8. The van der Waals surface area contributed by atoms with Crippen molar-refractivity contribution in [2.24, 2.45) is 10.7 Å². The molecule has 1 aliphatic rings. The Hall–Kier alpha value is -2.37. The smallest absolute Gasteiger partial charge is 0.255 e. The lowest BCUT2D eigenvalue weighted by Gasteiger charge is -2.25. The number of rotatable bonds is 7. The molecule has 0 bridgehead atoms. The molecule has 1 aromatic carbocycles. The number of hydrogen-bond acceptors (Lipinski definition) is 5. The van der Waals surface area contributed by atoms with Crippen molar-refractivity contribution in [3.63, 3.8) is 0 Å². The Morgan fingerprint density at radius 3 is 3.11 bits per heavy atom.